The maximum atomic E-state index is 12.3. The molecule has 1 aliphatic rings. The lowest BCUT2D eigenvalue weighted by molar-refractivity contribution is 0.0932. The molecule has 7 nitrogen and oxygen atoms in total. The van der Waals surface area contributed by atoms with Gasteiger partial charge in [0.15, 0.2) is 0 Å². The molecule has 1 amide bonds. The van der Waals surface area contributed by atoms with Crippen LogP contribution in [0.3, 0.4) is 0 Å². The summed E-state index contributed by atoms with van der Waals surface area (Å²) in [6.07, 6.45) is 1.78. The number of ether oxygens (including phenoxy) is 2. The Morgan fingerprint density at radius 3 is 2.24 bits per heavy atom. The van der Waals surface area contributed by atoms with Crippen LogP contribution in [-0.4, -0.2) is 34.1 Å². The van der Waals surface area contributed by atoms with Gasteiger partial charge in [0.05, 0.1) is 19.8 Å². The van der Waals surface area contributed by atoms with Gasteiger partial charge in [0.1, 0.15) is 16.4 Å². The first-order valence-corrected chi connectivity index (χ1v) is 7.86. The monoisotopic (exact) mass is 314 g/mol. The molecule has 116 valence electrons. The molecule has 0 aromatic heterocycles. The van der Waals surface area contributed by atoms with Crippen LogP contribution >= 0.6 is 0 Å². The van der Waals surface area contributed by atoms with Crippen LogP contribution in [0, 0.1) is 0 Å². The Hall–Kier alpha value is -1.80. The van der Waals surface area contributed by atoms with Crippen molar-refractivity contribution in [3.05, 3.63) is 17.7 Å². The molecule has 3 N–H and O–H groups in total. The van der Waals surface area contributed by atoms with Gasteiger partial charge >= 0.3 is 0 Å². The topological polar surface area (TPSA) is 108 Å². The minimum absolute atomic E-state index is 0.0310. The van der Waals surface area contributed by atoms with E-state index in [0.717, 1.165) is 12.8 Å². The molecule has 8 heteroatoms. The molecule has 0 atom stereocenters. The van der Waals surface area contributed by atoms with Crippen molar-refractivity contribution >= 4 is 15.9 Å². The van der Waals surface area contributed by atoms with Crippen molar-refractivity contribution in [3.63, 3.8) is 0 Å². The third-order valence-corrected chi connectivity index (χ3v) is 4.38. The van der Waals surface area contributed by atoms with E-state index < -0.39 is 15.9 Å². The van der Waals surface area contributed by atoms with Gasteiger partial charge in [0, 0.05) is 11.6 Å². The molecule has 1 fully saturated rings. The highest BCUT2D eigenvalue weighted by atomic mass is 32.2. The Balaban J connectivity index is 2.50. The Labute approximate surface area is 123 Å². The van der Waals surface area contributed by atoms with Crippen molar-refractivity contribution < 1.29 is 22.7 Å². The number of carbonyl (C=O) groups excluding carboxylic acids is 1. The maximum Gasteiger partial charge on any atom is 0.255 e. The Morgan fingerprint density at radius 2 is 1.81 bits per heavy atom. The van der Waals surface area contributed by atoms with Crippen molar-refractivity contribution in [2.45, 2.75) is 30.2 Å². The number of benzene rings is 1. The summed E-state index contributed by atoms with van der Waals surface area (Å²) in [6, 6.07) is 2.51. The zero-order valence-electron chi connectivity index (χ0n) is 12.1. The first-order valence-electron chi connectivity index (χ1n) is 6.31. The molecular formula is C13H18N2O5S. The minimum Gasteiger partial charge on any atom is -0.496 e. The Morgan fingerprint density at radius 1 is 1.24 bits per heavy atom. The summed E-state index contributed by atoms with van der Waals surface area (Å²) in [4.78, 5) is 12.0. The average molecular weight is 314 g/mol. The average Bonchev–Trinajstić information content (AvgIpc) is 3.13. The van der Waals surface area contributed by atoms with Crippen molar-refractivity contribution in [2.24, 2.45) is 5.14 Å². The lowest BCUT2D eigenvalue weighted by Gasteiger charge is -2.16. The van der Waals surface area contributed by atoms with E-state index in [2.05, 4.69) is 5.32 Å². The van der Waals surface area contributed by atoms with Gasteiger partial charge in [-0.25, -0.2) is 13.6 Å². The molecule has 0 unspecified atom stereocenters. The minimum atomic E-state index is -4.02. The Bertz CT molecular complexity index is 680. The van der Waals surface area contributed by atoms with E-state index >= 15 is 0 Å². The zero-order chi connectivity index (χ0) is 15.8. The van der Waals surface area contributed by atoms with E-state index in [1.807, 2.05) is 6.92 Å². The molecule has 1 aromatic carbocycles. The molecule has 21 heavy (non-hydrogen) atoms. The van der Waals surface area contributed by atoms with Crippen molar-refractivity contribution in [3.8, 4) is 11.5 Å². The normalized spacial score (nSPS) is 16.2. The summed E-state index contributed by atoms with van der Waals surface area (Å²) in [7, 11) is -1.31. The highest BCUT2D eigenvalue weighted by Crippen LogP contribution is 2.36. The first kappa shape index (κ1) is 15.6. The van der Waals surface area contributed by atoms with Crippen LogP contribution in [0.25, 0.3) is 0 Å². The maximum absolute atomic E-state index is 12.3. The Kier molecular flexibility index (Phi) is 3.85. The van der Waals surface area contributed by atoms with Crippen molar-refractivity contribution in [1.29, 1.82) is 0 Å². The van der Waals surface area contributed by atoms with Crippen LogP contribution in [-0.2, 0) is 10.0 Å². The highest BCUT2D eigenvalue weighted by molar-refractivity contribution is 7.89. The van der Waals surface area contributed by atoms with Gasteiger partial charge < -0.3 is 14.8 Å². The van der Waals surface area contributed by atoms with Gasteiger partial charge in [0.2, 0.25) is 10.0 Å². The van der Waals surface area contributed by atoms with Crippen molar-refractivity contribution in [2.75, 3.05) is 14.2 Å². The zero-order valence-corrected chi connectivity index (χ0v) is 12.9. The number of nitrogens with one attached hydrogen (secondary N) is 1. The molecule has 1 aromatic rings. The largest absolute Gasteiger partial charge is 0.496 e. The smallest absolute Gasteiger partial charge is 0.255 e. The predicted octanol–water partition coefficient (Wildman–Crippen LogP) is 0.633. The molecule has 0 radical (unpaired) electrons. The summed E-state index contributed by atoms with van der Waals surface area (Å²) < 4.78 is 33.3. The van der Waals surface area contributed by atoms with Gasteiger partial charge in [-0.3, -0.25) is 4.79 Å². The fourth-order valence-corrected chi connectivity index (χ4v) is 2.63. The fourth-order valence-electron chi connectivity index (χ4n) is 1.92. The number of carbonyl (C=O) groups is 1. The standard InChI is InChI=1S/C13H18N2O5S/c1-13(4-5-13)15-12(16)8-6-11(21(14,17)18)10(20-3)7-9(8)19-2/h6-7H,4-5H2,1-3H3,(H,15,16)(H2,14,17,18). The van der Waals surface area contributed by atoms with Crippen LogP contribution in [0.4, 0.5) is 0 Å². The molecule has 0 spiro atoms. The van der Waals surface area contributed by atoms with Gasteiger partial charge in [0.25, 0.3) is 5.91 Å². The van der Waals surface area contributed by atoms with E-state index in [-0.39, 0.29) is 27.5 Å². The number of primary sulfonamides is 1. The molecule has 0 bridgehead atoms. The van der Waals surface area contributed by atoms with Gasteiger partial charge in [-0.05, 0) is 25.8 Å². The molecule has 1 saturated carbocycles. The molecule has 0 aliphatic heterocycles. The van der Waals surface area contributed by atoms with Crippen LogP contribution in [0.5, 0.6) is 11.5 Å². The summed E-state index contributed by atoms with van der Waals surface area (Å²) in [6.45, 7) is 1.92. The van der Waals surface area contributed by atoms with E-state index in [1.165, 1.54) is 26.4 Å². The van der Waals surface area contributed by atoms with Gasteiger partial charge in [-0.2, -0.15) is 0 Å². The van der Waals surface area contributed by atoms with Crippen LogP contribution in [0.1, 0.15) is 30.1 Å². The predicted molar refractivity (Wildman–Crippen MR) is 76.0 cm³/mol. The fraction of sp³-hybridized carbons (Fsp3) is 0.462. The number of hydrogen-bond acceptors (Lipinski definition) is 5. The quantitative estimate of drug-likeness (QED) is 0.829. The van der Waals surface area contributed by atoms with Crippen LogP contribution in [0.15, 0.2) is 17.0 Å². The second-order valence-corrected chi connectivity index (χ2v) is 6.79. The van der Waals surface area contributed by atoms with E-state index in [4.69, 9.17) is 14.6 Å². The molecule has 1 aliphatic carbocycles. The lowest BCUT2D eigenvalue weighted by Crippen LogP contribution is -2.34. The second-order valence-electron chi connectivity index (χ2n) is 5.26. The summed E-state index contributed by atoms with van der Waals surface area (Å²) in [5.74, 6) is -0.149. The molecule has 2 rings (SSSR count). The van der Waals surface area contributed by atoms with Gasteiger partial charge in [-0.1, -0.05) is 0 Å². The van der Waals surface area contributed by atoms with E-state index in [0.29, 0.717) is 0 Å². The van der Waals surface area contributed by atoms with E-state index in [9.17, 15) is 13.2 Å². The number of amides is 1. The van der Waals surface area contributed by atoms with E-state index in [1.54, 1.807) is 0 Å². The molecule has 0 heterocycles. The summed E-state index contributed by atoms with van der Waals surface area (Å²) >= 11 is 0. The second kappa shape index (κ2) is 5.19. The first-order chi connectivity index (χ1) is 9.70. The summed E-state index contributed by atoms with van der Waals surface area (Å²) in [5.41, 5.74) is -0.125. The molecular weight excluding hydrogens is 296 g/mol. The molecule has 0 saturated heterocycles. The third-order valence-electron chi connectivity index (χ3n) is 3.45. The van der Waals surface area contributed by atoms with Crippen LogP contribution < -0.4 is 19.9 Å². The van der Waals surface area contributed by atoms with Gasteiger partial charge in [-0.15, -0.1) is 0 Å². The highest BCUT2D eigenvalue weighted by Gasteiger charge is 2.39. The third kappa shape index (κ3) is 3.27. The number of hydrogen-bond donors (Lipinski definition) is 2. The number of methoxy groups -OCH3 is 2. The SMILES string of the molecule is COc1cc(OC)c(S(N)(=O)=O)cc1C(=O)NC1(C)CC1. The number of nitrogens with two attached hydrogens (primary N) is 1. The summed E-state index contributed by atoms with van der Waals surface area (Å²) in [5, 5.41) is 8.00. The van der Waals surface area contributed by atoms with Crippen LogP contribution in [0.2, 0.25) is 0 Å². The van der Waals surface area contributed by atoms with Crippen molar-refractivity contribution in [1.82, 2.24) is 5.32 Å². The lowest BCUT2D eigenvalue weighted by atomic mass is 10.1. The number of sulfonamides is 1. The number of rotatable bonds is 5.